The number of hydrogen-bond donors (Lipinski definition) is 2. The number of rotatable bonds is 3. The Morgan fingerprint density at radius 1 is 1.32 bits per heavy atom. The molecule has 0 aliphatic rings. The van der Waals surface area contributed by atoms with Crippen LogP contribution in [0.1, 0.15) is 16.1 Å². The number of benzene rings is 1. The van der Waals surface area contributed by atoms with Gasteiger partial charge in [0.25, 0.3) is 5.91 Å². The molecule has 2 rings (SSSR count). The summed E-state index contributed by atoms with van der Waals surface area (Å²) in [6.45, 7) is 0.254. The summed E-state index contributed by atoms with van der Waals surface area (Å²) in [4.78, 5) is 16.0. The zero-order valence-electron chi connectivity index (χ0n) is 9.86. The number of halogens is 2. The van der Waals surface area contributed by atoms with Gasteiger partial charge in [-0.05, 0) is 24.3 Å². The van der Waals surface area contributed by atoms with Crippen molar-refractivity contribution in [3.05, 3.63) is 58.5 Å². The highest BCUT2D eigenvalue weighted by Gasteiger charge is 2.16. The molecule has 98 valence electrons. The van der Waals surface area contributed by atoms with Crippen LogP contribution in [0.5, 0.6) is 0 Å². The SMILES string of the molecule is NCc1cccc(NC(=O)c2c(F)cccc2Cl)n1. The van der Waals surface area contributed by atoms with E-state index in [0.29, 0.717) is 11.5 Å². The first-order chi connectivity index (χ1) is 9.11. The number of carbonyl (C=O) groups excluding carboxylic acids is 1. The van der Waals surface area contributed by atoms with Gasteiger partial charge >= 0.3 is 0 Å². The molecule has 0 fully saturated rings. The fraction of sp³-hybridized carbons (Fsp3) is 0.0769. The molecule has 0 saturated heterocycles. The van der Waals surface area contributed by atoms with Crippen molar-refractivity contribution in [3.8, 4) is 0 Å². The number of pyridine rings is 1. The van der Waals surface area contributed by atoms with Crippen LogP contribution in [0.3, 0.4) is 0 Å². The lowest BCUT2D eigenvalue weighted by Gasteiger charge is -2.07. The van der Waals surface area contributed by atoms with Gasteiger partial charge in [0.05, 0.1) is 16.3 Å². The smallest absolute Gasteiger partial charge is 0.261 e. The van der Waals surface area contributed by atoms with Crippen LogP contribution in [0.4, 0.5) is 10.2 Å². The number of amides is 1. The van der Waals surface area contributed by atoms with Gasteiger partial charge in [0, 0.05) is 6.54 Å². The Bertz CT molecular complexity index is 598. The second-order valence-corrected chi connectivity index (χ2v) is 4.18. The van der Waals surface area contributed by atoms with Gasteiger partial charge in [0.2, 0.25) is 0 Å². The molecule has 0 spiro atoms. The molecule has 0 atom stereocenters. The molecule has 0 unspecified atom stereocenters. The van der Waals surface area contributed by atoms with Crippen LogP contribution in [0.2, 0.25) is 5.02 Å². The summed E-state index contributed by atoms with van der Waals surface area (Å²) in [5, 5.41) is 2.53. The van der Waals surface area contributed by atoms with E-state index in [9.17, 15) is 9.18 Å². The summed E-state index contributed by atoms with van der Waals surface area (Å²) in [5.74, 6) is -1.03. The van der Waals surface area contributed by atoms with Gasteiger partial charge in [-0.25, -0.2) is 9.37 Å². The van der Waals surface area contributed by atoms with Gasteiger partial charge in [-0.15, -0.1) is 0 Å². The van der Waals surface area contributed by atoms with Crippen LogP contribution in [0.25, 0.3) is 0 Å². The minimum absolute atomic E-state index is 0.0486. The molecule has 0 radical (unpaired) electrons. The Hall–Kier alpha value is -1.98. The molecular formula is C13H11ClFN3O. The predicted molar refractivity (Wildman–Crippen MR) is 71.5 cm³/mol. The molecule has 1 amide bonds. The minimum Gasteiger partial charge on any atom is -0.325 e. The third kappa shape index (κ3) is 3.07. The number of hydrogen-bond acceptors (Lipinski definition) is 3. The first-order valence-corrected chi connectivity index (χ1v) is 5.91. The average Bonchev–Trinajstić information content (AvgIpc) is 2.38. The topological polar surface area (TPSA) is 68.0 Å². The molecule has 1 aromatic heterocycles. The summed E-state index contributed by atoms with van der Waals surface area (Å²) in [6.07, 6.45) is 0. The van der Waals surface area contributed by atoms with E-state index in [-0.39, 0.29) is 17.1 Å². The minimum atomic E-state index is -0.681. The predicted octanol–water partition coefficient (Wildman–Crippen LogP) is 2.59. The monoisotopic (exact) mass is 279 g/mol. The molecule has 0 aliphatic carbocycles. The fourth-order valence-electron chi connectivity index (χ4n) is 1.56. The maximum atomic E-state index is 13.6. The zero-order valence-corrected chi connectivity index (χ0v) is 10.6. The Labute approximate surface area is 114 Å². The van der Waals surface area contributed by atoms with Gasteiger partial charge in [0.1, 0.15) is 11.6 Å². The molecule has 19 heavy (non-hydrogen) atoms. The van der Waals surface area contributed by atoms with Crippen LogP contribution in [0.15, 0.2) is 36.4 Å². The van der Waals surface area contributed by atoms with Crippen LogP contribution >= 0.6 is 11.6 Å². The molecule has 4 nitrogen and oxygen atoms in total. The Balaban J connectivity index is 2.26. The summed E-state index contributed by atoms with van der Waals surface area (Å²) in [5.41, 5.74) is 5.87. The molecule has 0 aliphatic heterocycles. The third-order valence-electron chi connectivity index (χ3n) is 2.45. The standard InChI is InChI=1S/C13H11ClFN3O/c14-9-4-2-5-10(15)12(9)13(19)18-11-6-1-3-8(7-16)17-11/h1-6H,7,16H2,(H,17,18,19). The van der Waals surface area contributed by atoms with E-state index in [1.165, 1.54) is 18.2 Å². The van der Waals surface area contributed by atoms with Crippen molar-refractivity contribution in [2.24, 2.45) is 5.73 Å². The number of nitrogens with zero attached hydrogens (tertiary/aromatic N) is 1. The second kappa shape index (κ2) is 5.77. The summed E-state index contributed by atoms with van der Waals surface area (Å²) in [6, 6.07) is 9.07. The van der Waals surface area contributed by atoms with Gasteiger partial charge in [-0.1, -0.05) is 23.7 Å². The molecule has 3 N–H and O–H groups in total. The van der Waals surface area contributed by atoms with Crippen molar-refractivity contribution < 1.29 is 9.18 Å². The highest BCUT2D eigenvalue weighted by molar-refractivity contribution is 6.34. The maximum Gasteiger partial charge on any atom is 0.261 e. The van der Waals surface area contributed by atoms with Gasteiger partial charge in [-0.2, -0.15) is 0 Å². The summed E-state index contributed by atoms with van der Waals surface area (Å²) in [7, 11) is 0. The average molecular weight is 280 g/mol. The molecule has 6 heteroatoms. The van der Waals surface area contributed by atoms with Crippen molar-refractivity contribution in [2.75, 3.05) is 5.32 Å². The van der Waals surface area contributed by atoms with Crippen LogP contribution < -0.4 is 11.1 Å². The van der Waals surface area contributed by atoms with E-state index in [2.05, 4.69) is 10.3 Å². The number of aromatic nitrogens is 1. The molecule has 2 aromatic rings. The van der Waals surface area contributed by atoms with Crippen molar-refractivity contribution in [3.63, 3.8) is 0 Å². The third-order valence-corrected chi connectivity index (χ3v) is 2.76. The highest BCUT2D eigenvalue weighted by Crippen LogP contribution is 2.20. The summed E-state index contributed by atoms with van der Waals surface area (Å²) < 4.78 is 13.6. The normalized spacial score (nSPS) is 10.3. The van der Waals surface area contributed by atoms with Crippen molar-refractivity contribution in [1.82, 2.24) is 4.98 Å². The van der Waals surface area contributed by atoms with Gasteiger partial charge in [0.15, 0.2) is 0 Å². The first-order valence-electron chi connectivity index (χ1n) is 5.53. The maximum absolute atomic E-state index is 13.6. The second-order valence-electron chi connectivity index (χ2n) is 3.77. The van der Waals surface area contributed by atoms with E-state index < -0.39 is 11.7 Å². The van der Waals surface area contributed by atoms with E-state index in [1.54, 1.807) is 18.2 Å². The lowest BCUT2D eigenvalue weighted by molar-refractivity contribution is 0.102. The quantitative estimate of drug-likeness (QED) is 0.907. The number of nitrogens with two attached hydrogens (primary N) is 1. The first kappa shape index (κ1) is 13.5. The van der Waals surface area contributed by atoms with Crippen molar-refractivity contribution in [2.45, 2.75) is 6.54 Å². The number of carbonyl (C=O) groups is 1. The lowest BCUT2D eigenvalue weighted by Crippen LogP contribution is -2.16. The van der Waals surface area contributed by atoms with Crippen LogP contribution in [-0.4, -0.2) is 10.9 Å². The number of anilines is 1. The van der Waals surface area contributed by atoms with E-state index in [1.807, 2.05) is 0 Å². The number of nitrogens with one attached hydrogen (secondary N) is 1. The Kier molecular flexibility index (Phi) is 4.09. The Morgan fingerprint density at radius 2 is 2.05 bits per heavy atom. The zero-order chi connectivity index (χ0) is 13.8. The molecule has 1 aromatic carbocycles. The lowest BCUT2D eigenvalue weighted by atomic mass is 10.2. The fourth-order valence-corrected chi connectivity index (χ4v) is 1.81. The Morgan fingerprint density at radius 3 is 2.74 bits per heavy atom. The van der Waals surface area contributed by atoms with Gasteiger partial charge in [-0.3, -0.25) is 4.79 Å². The van der Waals surface area contributed by atoms with E-state index in [4.69, 9.17) is 17.3 Å². The van der Waals surface area contributed by atoms with Crippen LogP contribution in [-0.2, 0) is 6.54 Å². The van der Waals surface area contributed by atoms with Crippen LogP contribution in [0, 0.1) is 5.82 Å². The van der Waals surface area contributed by atoms with E-state index >= 15 is 0 Å². The summed E-state index contributed by atoms with van der Waals surface area (Å²) >= 11 is 5.81. The molecular weight excluding hydrogens is 269 g/mol. The van der Waals surface area contributed by atoms with Crippen molar-refractivity contribution in [1.29, 1.82) is 0 Å². The highest BCUT2D eigenvalue weighted by atomic mass is 35.5. The van der Waals surface area contributed by atoms with Gasteiger partial charge < -0.3 is 11.1 Å². The largest absolute Gasteiger partial charge is 0.325 e. The van der Waals surface area contributed by atoms with E-state index in [0.717, 1.165) is 0 Å². The molecule has 0 bridgehead atoms. The molecule has 0 saturated carbocycles. The molecule has 1 heterocycles. The van der Waals surface area contributed by atoms with Crippen molar-refractivity contribution >= 4 is 23.3 Å².